The molecule has 1 N–H and O–H groups in total. The van der Waals surface area contributed by atoms with Crippen LogP contribution in [-0.4, -0.2) is 25.1 Å². The number of thiazole rings is 1. The molecule has 6 heteroatoms. The molecule has 0 aliphatic heterocycles. The molecule has 0 saturated heterocycles. The highest BCUT2D eigenvalue weighted by Gasteiger charge is 2.40. The summed E-state index contributed by atoms with van der Waals surface area (Å²) in [5.74, 6) is 3.75. The summed E-state index contributed by atoms with van der Waals surface area (Å²) in [5.41, 5.74) is 1.64. The van der Waals surface area contributed by atoms with Crippen LogP contribution in [-0.2, 0) is 4.79 Å². The topological polar surface area (TPSA) is 60.5 Å². The molecule has 0 unspecified atom stereocenters. The molecule has 2 bridgehead atoms. The second-order valence-corrected chi connectivity index (χ2v) is 8.15. The number of rotatable bonds is 6. The second kappa shape index (κ2) is 7.27. The standard InChI is InChI=1S/C20H24N2O3S/c1-24-15-5-6-18(25-2)16(10-15)17-11-26-20(21-17)22-19(23)9-14-8-12-3-4-13(14)7-12/h5-6,10-14H,3-4,7-9H2,1-2H3,(H,21,22,23)/t12-,13-,14-/m1/s1. The van der Waals surface area contributed by atoms with Gasteiger partial charge in [0.05, 0.1) is 19.9 Å². The highest BCUT2D eigenvalue weighted by atomic mass is 32.1. The number of hydrogen-bond acceptors (Lipinski definition) is 5. The zero-order chi connectivity index (χ0) is 18.1. The van der Waals surface area contributed by atoms with E-state index in [1.807, 2.05) is 23.6 Å². The molecule has 1 heterocycles. The summed E-state index contributed by atoms with van der Waals surface area (Å²) >= 11 is 1.44. The number of methoxy groups -OCH3 is 2. The number of aromatic nitrogens is 1. The fourth-order valence-corrected chi connectivity index (χ4v) is 5.23. The molecular formula is C20H24N2O3S. The molecule has 3 atom stereocenters. The number of amides is 1. The van der Waals surface area contributed by atoms with Gasteiger partial charge in [-0.25, -0.2) is 4.98 Å². The molecule has 1 aromatic carbocycles. The van der Waals surface area contributed by atoms with Crippen molar-refractivity contribution in [3.8, 4) is 22.8 Å². The Bertz CT molecular complexity index is 804. The lowest BCUT2D eigenvalue weighted by atomic mass is 9.86. The number of anilines is 1. The van der Waals surface area contributed by atoms with Crippen LogP contribution < -0.4 is 14.8 Å². The summed E-state index contributed by atoms with van der Waals surface area (Å²) in [6.45, 7) is 0. The molecule has 5 nitrogen and oxygen atoms in total. The van der Waals surface area contributed by atoms with Crippen LogP contribution in [0.1, 0.15) is 32.1 Å². The molecule has 4 rings (SSSR count). The first-order valence-corrected chi connectivity index (χ1v) is 10.0. The lowest BCUT2D eigenvalue weighted by molar-refractivity contribution is -0.117. The fourth-order valence-electron chi connectivity index (χ4n) is 4.50. The summed E-state index contributed by atoms with van der Waals surface area (Å²) in [6.07, 6.45) is 5.84. The average Bonchev–Trinajstić information content (AvgIpc) is 3.38. The zero-order valence-corrected chi connectivity index (χ0v) is 16.0. The van der Waals surface area contributed by atoms with Gasteiger partial charge in [-0.1, -0.05) is 6.42 Å². The van der Waals surface area contributed by atoms with Crippen molar-refractivity contribution in [2.75, 3.05) is 19.5 Å². The molecular weight excluding hydrogens is 348 g/mol. The van der Waals surface area contributed by atoms with Gasteiger partial charge in [0.15, 0.2) is 5.13 Å². The molecule has 0 spiro atoms. The van der Waals surface area contributed by atoms with E-state index in [0.717, 1.165) is 34.6 Å². The molecule has 0 radical (unpaired) electrons. The number of hydrogen-bond donors (Lipinski definition) is 1. The van der Waals surface area contributed by atoms with E-state index in [-0.39, 0.29) is 5.91 Å². The lowest BCUT2D eigenvalue weighted by Crippen LogP contribution is -2.20. The van der Waals surface area contributed by atoms with E-state index in [2.05, 4.69) is 10.3 Å². The van der Waals surface area contributed by atoms with E-state index in [1.165, 1.54) is 37.0 Å². The third-order valence-corrected chi connectivity index (χ3v) is 6.52. The van der Waals surface area contributed by atoms with E-state index in [0.29, 0.717) is 17.5 Å². The van der Waals surface area contributed by atoms with Gasteiger partial charge in [0.25, 0.3) is 0 Å². The minimum atomic E-state index is 0.0843. The van der Waals surface area contributed by atoms with Crippen LogP contribution in [0, 0.1) is 17.8 Å². The number of benzene rings is 1. The van der Waals surface area contributed by atoms with Gasteiger partial charge in [-0.2, -0.15) is 0 Å². The van der Waals surface area contributed by atoms with Crippen molar-refractivity contribution in [1.82, 2.24) is 4.98 Å². The SMILES string of the molecule is COc1ccc(OC)c(-c2csc(NC(=O)C[C@H]3C[C@@H]4CC[C@@H]3C4)n2)c1. The van der Waals surface area contributed by atoms with Gasteiger partial charge in [0, 0.05) is 17.4 Å². The Morgan fingerprint density at radius 3 is 2.85 bits per heavy atom. The minimum Gasteiger partial charge on any atom is -0.497 e. The van der Waals surface area contributed by atoms with E-state index < -0.39 is 0 Å². The normalized spacial score (nSPS) is 23.8. The molecule has 2 aliphatic carbocycles. The summed E-state index contributed by atoms with van der Waals surface area (Å²) in [7, 11) is 3.27. The highest BCUT2D eigenvalue weighted by Crippen LogP contribution is 2.49. The van der Waals surface area contributed by atoms with E-state index >= 15 is 0 Å². The van der Waals surface area contributed by atoms with E-state index in [1.54, 1.807) is 14.2 Å². The van der Waals surface area contributed by atoms with Gasteiger partial charge in [0.2, 0.25) is 5.91 Å². The third kappa shape index (κ3) is 3.43. The number of carbonyl (C=O) groups excluding carboxylic acids is 1. The molecule has 2 saturated carbocycles. The number of carbonyl (C=O) groups is 1. The molecule has 26 heavy (non-hydrogen) atoms. The molecule has 2 aromatic rings. The lowest BCUT2D eigenvalue weighted by Gasteiger charge is -2.20. The number of ether oxygens (including phenoxy) is 2. The quantitative estimate of drug-likeness (QED) is 0.805. The van der Waals surface area contributed by atoms with Gasteiger partial charge in [-0.15, -0.1) is 11.3 Å². The van der Waals surface area contributed by atoms with E-state index in [4.69, 9.17) is 9.47 Å². The number of nitrogens with one attached hydrogen (secondary N) is 1. The Morgan fingerprint density at radius 2 is 2.15 bits per heavy atom. The molecule has 1 aromatic heterocycles. The van der Waals surface area contributed by atoms with Crippen molar-refractivity contribution in [3.05, 3.63) is 23.6 Å². The maximum Gasteiger partial charge on any atom is 0.226 e. The fraction of sp³-hybridized carbons (Fsp3) is 0.500. The van der Waals surface area contributed by atoms with Gasteiger partial charge in [-0.3, -0.25) is 4.79 Å². The Labute approximate surface area is 157 Å². The summed E-state index contributed by atoms with van der Waals surface area (Å²) in [6, 6.07) is 5.61. The zero-order valence-electron chi connectivity index (χ0n) is 15.2. The smallest absolute Gasteiger partial charge is 0.226 e. The third-order valence-electron chi connectivity index (χ3n) is 5.77. The van der Waals surface area contributed by atoms with Gasteiger partial charge >= 0.3 is 0 Å². The van der Waals surface area contributed by atoms with Crippen LogP contribution in [0.5, 0.6) is 11.5 Å². The number of fused-ring (bicyclic) bond motifs is 2. The van der Waals surface area contributed by atoms with Crippen molar-refractivity contribution >= 4 is 22.4 Å². The maximum atomic E-state index is 12.4. The Morgan fingerprint density at radius 1 is 1.27 bits per heavy atom. The van der Waals surface area contributed by atoms with Crippen LogP contribution in [0.15, 0.2) is 23.6 Å². The van der Waals surface area contributed by atoms with Gasteiger partial charge in [-0.05, 0) is 55.2 Å². The molecule has 2 fully saturated rings. The first-order chi connectivity index (χ1) is 12.7. The Kier molecular flexibility index (Phi) is 4.85. The maximum absolute atomic E-state index is 12.4. The minimum absolute atomic E-state index is 0.0843. The van der Waals surface area contributed by atoms with Crippen molar-refractivity contribution in [1.29, 1.82) is 0 Å². The predicted octanol–water partition coefficient (Wildman–Crippen LogP) is 4.59. The second-order valence-electron chi connectivity index (χ2n) is 7.29. The molecule has 138 valence electrons. The monoisotopic (exact) mass is 372 g/mol. The van der Waals surface area contributed by atoms with Crippen LogP contribution >= 0.6 is 11.3 Å². The van der Waals surface area contributed by atoms with Gasteiger partial charge < -0.3 is 14.8 Å². The highest BCUT2D eigenvalue weighted by molar-refractivity contribution is 7.14. The molecule has 2 aliphatic rings. The number of nitrogens with zero attached hydrogens (tertiary/aromatic N) is 1. The first kappa shape index (κ1) is 17.3. The average molecular weight is 372 g/mol. The Balaban J connectivity index is 1.44. The van der Waals surface area contributed by atoms with Crippen LogP contribution in [0.3, 0.4) is 0 Å². The largest absolute Gasteiger partial charge is 0.497 e. The summed E-state index contributed by atoms with van der Waals surface area (Å²) in [4.78, 5) is 17.0. The predicted molar refractivity (Wildman–Crippen MR) is 103 cm³/mol. The summed E-state index contributed by atoms with van der Waals surface area (Å²) in [5, 5.41) is 5.55. The first-order valence-electron chi connectivity index (χ1n) is 9.14. The van der Waals surface area contributed by atoms with Crippen LogP contribution in [0.25, 0.3) is 11.3 Å². The van der Waals surface area contributed by atoms with Crippen molar-refractivity contribution in [2.45, 2.75) is 32.1 Å². The van der Waals surface area contributed by atoms with E-state index in [9.17, 15) is 4.79 Å². The summed E-state index contributed by atoms with van der Waals surface area (Å²) < 4.78 is 10.7. The van der Waals surface area contributed by atoms with Crippen LogP contribution in [0.2, 0.25) is 0 Å². The van der Waals surface area contributed by atoms with Crippen molar-refractivity contribution < 1.29 is 14.3 Å². The van der Waals surface area contributed by atoms with Crippen molar-refractivity contribution in [3.63, 3.8) is 0 Å². The Hall–Kier alpha value is -2.08. The molecule has 1 amide bonds. The van der Waals surface area contributed by atoms with Gasteiger partial charge in [0.1, 0.15) is 11.5 Å². The van der Waals surface area contributed by atoms with Crippen molar-refractivity contribution in [2.24, 2.45) is 17.8 Å². The van der Waals surface area contributed by atoms with Crippen LogP contribution in [0.4, 0.5) is 5.13 Å².